The fourth-order valence-electron chi connectivity index (χ4n) is 2.01. The molecule has 5 nitrogen and oxygen atoms in total. The van der Waals surface area contributed by atoms with Gasteiger partial charge >= 0.3 is 0 Å². The van der Waals surface area contributed by atoms with Gasteiger partial charge in [0.25, 0.3) is 5.91 Å². The van der Waals surface area contributed by atoms with Gasteiger partial charge in [-0.05, 0) is 30.6 Å². The van der Waals surface area contributed by atoms with Gasteiger partial charge in [0.2, 0.25) is 5.91 Å². The summed E-state index contributed by atoms with van der Waals surface area (Å²) in [5, 5.41) is 7.82. The van der Waals surface area contributed by atoms with Gasteiger partial charge in [0.05, 0.1) is 28.3 Å². The summed E-state index contributed by atoms with van der Waals surface area (Å²) in [5.41, 5.74) is 2.88. The molecule has 0 aliphatic carbocycles. The number of hydrogen-bond acceptors (Lipinski definition) is 5. The second-order valence-electron chi connectivity index (χ2n) is 4.98. The molecule has 0 aliphatic rings. The number of carbonyl (C=O) groups is 2. The van der Waals surface area contributed by atoms with Crippen molar-refractivity contribution in [1.82, 2.24) is 15.6 Å². The van der Waals surface area contributed by atoms with Gasteiger partial charge in [0.1, 0.15) is 6.04 Å². The molecule has 8 heteroatoms. The summed E-state index contributed by atoms with van der Waals surface area (Å²) < 4.78 is 0. The SMILES string of the molecule is CSCC[C@H](NC(=O)c1ccccc1Cl)C(=O)NCc1cscn1. The quantitative estimate of drug-likeness (QED) is 0.735. The van der Waals surface area contributed by atoms with Crippen LogP contribution >= 0.6 is 34.7 Å². The molecular weight excluding hydrogens is 366 g/mol. The van der Waals surface area contributed by atoms with Crippen molar-refractivity contribution in [3.63, 3.8) is 0 Å². The lowest BCUT2D eigenvalue weighted by Gasteiger charge is -2.18. The average Bonchev–Trinajstić information content (AvgIpc) is 3.10. The summed E-state index contributed by atoms with van der Waals surface area (Å²) in [6.45, 7) is 0.347. The molecule has 2 amide bonds. The molecule has 1 atom stereocenters. The second-order valence-corrected chi connectivity index (χ2v) is 7.10. The second kappa shape index (κ2) is 9.66. The number of rotatable bonds is 8. The zero-order valence-corrected chi connectivity index (χ0v) is 15.5. The van der Waals surface area contributed by atoms with Crippen molar-refractivity contribution in [2.75, 3.05) is 12.0 Å². The standard InChI is InChI=1S/C16H18ClN3O2S2/c1-23-7-6-14(16(22)18-8-11-9-24-10-19-11)20-15(21)12-4-2-3-5-13(12)17/h2-5,9-10,14H,6-8H2,1H3,(H,18,22)(H,20,21)/t14-/m0/s1. The number of halogens is 1. The maximum atomic E-state index is 12.4. The summed E-state index contributed by atoms with van der Waals surface area (Å²) >= 11 is 9.14. The minimum Gasteiger partial charge on any atom is -0.349 e. The third-order valence-electron chi connectivity index (χ3n) is 3.28. The first-order valence-corrected chi connectivity index (χ1v) is 10.0. The third-order valence-corrected chi connectivity index (χ3v) is 4.89. The molecule has 0 aliphatic heterocycles. The van der Waals surface area contributed by atoms with Gasteiger partial charge in [-0.25, -0.2) is 4.98 Å². The van der Waals surface area contributed by atoms with Crippen LogP contribution < -0.4 is 10.6 Å². The number of carbonyl (C=O) groups excluding carboxylic acids is 2. The molecule has 0 spiro atoms. The molecule has 0 unspecified atom stereocenters. The Balaban J connectivity index is 2.00. The van der Waals surface area contributed by atoms with E-state index in [1.54, 1.807) is 41.5 Å². The molecule has 0 fully saturated rings. The van der Waals surface area contributed by atoms with E-state index in [1.165, 1.54) is 11.3 Å². The van der Waals surface area contributed by atoms with E-state index in [1.807, 2.05) is 11.6 Å². The highest BCUT2D eigenvalue weighted by Gasteiger charge is 2.22. The van der Waals surface area contributed by atoms with E-state index in [4.69, 9.17) is 11.6 Å². The lowest BCUT2D eigenvalue weighted by molar-refractivity contribution is -0.123. The molecule has 0 bridgehead atoms. The van der Waals surface area contributed by atoms with Crippen molar-refractivity contribution < 1.29 is 9.59 Å². The summed E-state index contributed by atoms with van der Waals surface area (Å²) in [6, 6.07) is 6.16. The first-order chi connectivity index (χ1) is 11.6. The Labute approximate surface area is 154 Å². The van der Waals surface area contributed by atoms with E-state index in [0.29, 0.717) is 23.6 Å². The van der Waals surface area contributed by atoms with E-state index in [0.717, 1.165) is 11.4 Å². The van der Waals surface area contributed by atoms with Crippen molar-refractivity contribution in [2.45, 2.75) is 19.0 Å². The van der Waals surface area contributed by atoms with E-state index in [-0.39, 0.29) is 11.8 Å². The van der Waals surface area contributed by atoms with Gasteiger partial charge in [0.15, 0.2) is 0 Å². The number of benzene rings is 1. The molecule has 24 heavy (non-hydrogen) atoms. The van der Waals surface area contributed by atoms with Crippen molar-refractivity contribution in [3.05, 3.63) is 51.4 Å². The summed E-state index contributed by atoms with van der Waals surface area (Å²) in [5.74, 6) is 0.186. The molecule has 0 radical (unpaired) electrons. The number of nitrogens with zero attached hydrogens (tertiary/aromatic N) is 1. The fourth-order valence-corrected chi connectivity index (χ4v) is 3.26. The summed E-state index contributed by atoms with van der Waals surface area (Å²) in [4.78, 5) is 28.9. The molecule has 1 aromatic heterocycles. The minimum atomic E-state index is -0.611. The Morgan fingerprint density at radius 2 is 2.17 bits per heavy atom. The first kappa shape index (κ1) is 18.8. The van der Waals surface area contributed by atoms with Crippen LogP contribution in [0, 0.1) is 0 Å². The monoisotopic (exact) mass is 383 g/mol. The first-order valence-electron chi connectivity index (χ1n) is 7.31. The lowest BCUT2D eigenvalue weighted by atomic mass is 10.1. The van der Waals surface area contributed by atoms with E-state index < -0.39 is 6.04 Å². The van der Waals surface area contributed by atoms with Crippen LogP contribution in [0.15, 0.2) is 35.2 Å². The van der Waals surface area contributed by atoms with Gasteiger partial charge in [-0.2, -0.15) is 11.8 Å². The van der Waals surface area contributed by atoms with Crippen molar-refractivity contribution in [1.29, 1.82) is 0 Å². The Hall–Kier alpha value is -1.57. The van der Waals surface area contributed by atoms with E-state index in [2.05, 4.69) is 15.6 Å². The Kier molecular flexibility index (Phi) is 7.55. The van der Waals surface area contributed by atoms with Crippen LogP contribution in [0.25, 0.3) is 0 Å². The summed E-state index contributed by atoms with van der Waals surface area (Å²) in [7, 11) is 0. The molecule has 1 aromatic carbocycles. The van der Waals surface area contributed by atoms with E-state index >= 15 is 0 Å². The molecular formula is C16H18ClN3O2S2. The van der Waals surface area contributed by atoms with Crippen molar-refractivity contribution in [3.8, 4) is 0 Å². The van der Waals surface area contributed by atoms with Crippen LogP contribution in [0.5, 0.6) is 0 Å². The zero-order valence-electron chi connectivity index (χ0n) is 13.1. The highest BCUT2D eigenvalue weighted by atomic mass is 35.5. The molecule has 2 aromatic rings. The maximum absolute atomic E-state index is 12.4. The summed E-state index contributed by atoms with van der Waals surface area (Å²) in [6.07, 6.45) is 2.50. The topological polar surface area (TPSA) is 71.1 Å². The van der Waals surface area contributed by atoms with Gasteiger partial charge in [-0.15, -0.1) is 11.3 Å². The normalized spacial score (nSPS) is 11.8. The van der Waals surface area contributed by atoms with Crippen LogP contribution in [0.3, 0.4) is 0 Å². The molecule has 2 N–H and O–H groups in total. The minimum absolute atomic E-state index is 0.225. The Morgan fingerprint density at radius 1 is 1.38 bits per heavy atom. The van der Waals surface area contributed by atoms with Crippen molar-refractivity contribution in [2.24, 2.45) is 0 Å². The van der Waals surface area contributed by atoms with Gasteiger partial charge < -0.3 is 10.6 Å². The largest absolute Gasteiger partial charge is 0.349 e. The van der Waals surface area contributed by atoms with Gasteiger partial charge in [0, 0.05) is 5.38 Å². The molecule has 0 saturated carbocycles. The molecule has 128 valence electrons. The number of nitrogens with one attached hydrogen (secondary N) is 2. The number of hydrogen-bond donors (Lipinski definition) is 2. The Bertz CT molecular complexity index is 680. The van der Waals surface area contributed by atoms with Crippen LogP contribution in [0.2, 0.25) is 5.02 Å². The lowest BCUT2D eigenvalue weighted by Crippen LogP contribution is -2.47. The van der Waals surface area contributed by atoms with Gasteiger partial charge in [-0.1, -0.05) is 23.7 Å². The van der Waals surface area contributed by atoms with E-state index in [9.17, 15) is 9.59 Å². The molecule has 1 heterocycles. The zero-order chi connectivity index (χ0) is 17.4. The van der Waals surface area contributed by atoms with Crippen LogP contribution in [-0.2, 0) is 11.3 Å². The Morgan fingerprint density at radius 3 is 2.83 bits per heavy atom. The molecule has 0 saturated heterocycles. The van der Waals surface area contributed by atoms with Crippen molar-refractivity contribution >= 4 is 46.5 Å². The smallest absolute Gasteiger partial charge is 0.253 e. The van der Waals surface area contributed by atoms with Gasteiger partial charge in [-0.3, -0.25) is 9.59 Å². The average molecular weight is 384 g/mol. The third kappa shape index (κ3) is 5.51. The maximum Gasteiger partial charge on any atom is 0.253 e. The number of amides is 2. The molecule has 2 rings (SSSR count). The number of aromatic nitrogens is 1. The van der Waals surface area contributed by atoms with Crippen LogP contribution in [0.4, 0.5) is 0 Å². The highest BCUT2D eigenvalue weighted by Crippen LogP contribution is 2.15. The van der Waals surface area contributed by atoms with Crippen LogP contribution in [0.1, 0.15) is 22.5 Å². The van der Waals surface area contributed by atoms with Crippen LogP contribution in [-0.4, -0.2) is 34.8 Å². The number of thiazole rings is 1. The number of thioether (sulfide) groups is 1. The highest BCUT2D eigenvalue weighted by molar-refractivity contribution is 7.98. The fraction of sp³-hybridized carbons (Fsp3) is 0.312. The predicted octanol–water partition coefficient (Wildman–Crippen LogP) is 2.96. The predicted molar refractivity (Wildman–Crippen MR) is 99.7 cm³/mol.